The third kappa shape index (κ3) is 3.36. The van der Waals surface area contributed by atoms with Gasteiger partial charge < -0.3 is 10.4 Å². The fourth-order valence-corrected chi connectivity index (χ4v) is 1.05. The van der Waals surface area contributed by atoms with E-state index in [0.29, 0.717) is 6.54 Å². The lowest BCUT2D eigenvalue weighted by Gasteiger charge is -2.06. The molecule has 0 radical (unpaired) electrons. The first kappa shape index (κ1) is 9.73. The second kappa shape index (κ2) is 4.61. The van der Waals surface area contributed by atoms with E-state index in [9.17, 15) is 0 Å². The predicted octanol–water partition coefficient (Wildman–Crippen LogP) is 1.48. The first-order valence-electron chi connectivity index (χ1n) is 3.72. The van der Waals surface area contributed by atoms with Crippen molar-refractivity contribution in [3.63, 3.8) is 0 Å². The van der Waals surface area contributed by atoms with Crippen LogP contribution in [0.2, 0.25) is 0 Å². The van der Waals surface area contributed by atoms with E-state index in [-0.39, 0.29) is 6.10 Å². The van der Waals surface area contributed by atoms with E-state index in [2.05, 4.69) is 32.9 Å². The number of hydrogen-bond acceptors (Lipinski definition) is 3. The van der Waals surface area contributed by atoms with Gasteiger partial charge in [0.15, 0.2) is 0 Å². The molecule has 4 heteroatoms. The zero-order chi connectivity index (χ0) is 8.97. The lowest BCUT2D eigenvalue weighted by atomic mass is 10.4. The lowest BCUT2D eigenvalue weighted by molar-refractivity contribution is 0.208. The molecule has 0 saturated carbocycles. The normalized spacial score (nSPS) is 12.6. The zero-order valence-electron chi connectivity index (χ0n) is 6.79. The molecular formula is C8H11IN2O. The van der Waals surface area contributed by atoms with E-state index < -0.39 is 0 Å². The van der Waals surface area contributed by atoms with Crippen LogP contribution in [0.5, 0.6) is 0 Å². The van der Waals surface area contributed by atoms with Crippen LogP contribution in [0.4, 0.5) is 5.82 Å². The van der Waals surface area contributed by atoms with Crippen molar-refractivity contribution >= 4 is 28.4 Å². The van der Waals surface area contributed by atoms with Crippen LogP contribution in [0.1, 0.15) is 6.92 Å². The summed E-state index contributed by atoms with van der Waals surface area (Å²) in [5.41, 5.74) is 0. The summed E-state index contributed by atoms with van der Waals surface area (Å²) in [6.45, 7) is 2.27. The average molecular weight is 278 g/mol. The van der Waals surface area contributed by atoms with Crippen molar-refractivity contribution in [1.29, 1.82) is 0 Å². The summed E-state index contributed by atoms with van der Waals surface area (Å²) < 4.78 is 1.11. The van der Waals surface area contributed by atoms with E-state index in [4.69, 9.17) is 5.11 Å². The van der Waals surface area contributed by atoms with Gasteiger partial charge in [-0.05, 0) is 41.6 Å². The first-order chi connectivity index (χ1) is 5.68. The van der Waals surface area contributed by atoms with Crippen LogP contribution in [0.3, 0.4) is 0 Å². The van der Waals surface area contributed by atoms with Crippen LogP contribution < -0.4 is 5.32 Å². The van der Waals surface area contributed by atoms with E-state index >= 15 is 0 Å². The summed E-state index contributed by atoms with van der Waals surface area (Å²) in [5, 5.41) is 12.0. The maximum absolute atomic E-state index is 8.98. The molecule has 3 nitrogen and oxygen atoms in total. The molecule has 0 saturated heterocycles. The van der Waals surface area contributed by atoms with Gasteiger partial charge in [0.2, 0.25) is 0 Å². The van der Waals surface area contributed by atoms with Gasteiger partial charge in [0.1, 0.15) is 5.82 Å². The van der Waals surface area contributed by atoms with E-state index in [1.165, 1.54) is 0 Å². The minimum absolute atomic E-state index is 0.342. The molecule has 1 aromatic heterocycles. The summed E-state index contributed by atoms with van der Waals surface area (Å²) in [6.07, 6.45) is 1.44. The number of aliphatic hydroxyl groups excluding tert-OH is 1. The number of anilines is 1. The Hall–Kier alpha value is -0.360. The first-order valence-corrected chi connectivity index (χ1v) is 4.80. The van der Waals surface area contributed by atoms with Gasteiger partial charge in [0, 0.05) is 16.3 Å². The Morgan fingerprint density at radius 3 is 2.92 bits per heavy atom. The van der Waals surface area contributed by atoms with Crippen molar-refractivity contribution in [1.82, 2.24) is 4.98 Å². The van der Waals surface area contributed by atoms with Crippen molar-refractivity contribution in [2.75, 3.05) is 11.9 Å². The molecule has 0 aliphatic rings. The predicted molar refractivity (Wildman–Crippen MR) is 57.1 cm³/mol. The fourth-order valence-electron chi connectivity index (χ4n) is 0.733. The Morgan fingerprint density at radius 1 is 1.67 bits per heavy atom. The number of halogens is 1. The third-order valence-electron chi connectivity index (χ3n) is 1.31. The Labute approximate surface area is 85.4 Å². The van der Waals surface area contributed by atoms with Crippen LogP contribution in [0.15, 0.2) is 18.3 Å². The Morgan fingerprint density at radius 2 is 2.42 bits per heavy atom. The molecule has 0 aromatic carbocycles. The van der Waals surface area contributed by atoms with Crippen LogP contribution in [0.25, 0.3) is 0 Å². The van der Waals surface area contributed by atoms with Gasteiger partial charge in [-0.2, -0.15) is 0 Å². The maximum atomic E-state index is 8.98. The number of nitrogens with zero attached hydrogens (tertiary/aromatic N) is 1. The molecule has 0 aliphatic heterocycles. The molecule has 0 spiro atoms. The molecule has 1 rings (SSSR count). The Balaban J connectivity index is 2.48. The molecule has 66 valence electrons. The van der Waals surface area contributed by atoms with Crippen LogP contribution in [-0.4, -0.2) is 22.7 Å². The average Bonchev–Trinajstić information content (AvgIpc) is 2.03. The van der Waals surface area contributed by atoms with Crippen molar-refractivity contribution in [2.45, 2.75) is 13.0 Å². The minimum Gasteiger partial charge on any atom is -0.392 e. The number of hydrogen-bond donors (Lipinski definition) is 2. The van der Waals surface area contributed by atoms with Crippen LogP contribution >= 0.6 is 22.6 Å². The second-order valence-corrected chi connectivity index (χ2v) is 3.84. The molecule has 2 N–H and O–H groups in total. The molecule has 1 aromatic rings. The molecule has 0 bridgehead atoms. The molecule has 1 heterocycles. The fraction of sp³-hybridized carbons (Fsp3) is 0.375. The van der Waals surface area contributed by atoms with E-state index in [1.54, 1.807) is 13.1 Å². The maximum Gasteiger partial charge on any atom is 0.126 e. The van der Waals surface area contributed by atoms with Gasteiger partial charge in [-0.15, -0.1) is 0 Å². The van der Waals surface area contributed by atoms with Gasteiger partial charge in [0.05, 0.1) is 6.10 Å². The Kier molecular flexibility index (Phi) is 3.74. The van der Waals surface area contributed by atoms with Crippen LogP contribution in [-0.2, 0) is 0 Å². The monoisotopic (exact) mass is 278 g/mol. The summed E-state index contributed by atoms with van der Waals surface area (Å²) in [6, 6.07) is 3.86. The van der Waals surface area contributed by atoms with Crippen LogP contribution in [0, 0.1) is 3.57 Å². The number of nitrogens with one attached hydrogen (secondary N) is 1. The second-order valence-electron chi connectivity index (χ2n) is 2.59. The van der Waals surface area contributed by atoms with Crippen molar-refractivity contribution in [3.05, 3.63) is 21.9 Å². The number of aromatic nitrogens is 1. The van der Waals surface area contributed by atoms with Gasteiger partial charge in [-0.1, -0.05) is 0 Å². The number of pyridine rings is 1. The largest absolute Gasteiger partial charge is 0.392 e. The molecule has 0 amide bonds. The van der Waals surface area contributed by atoms with E-state index in [0.717, 1.165) is 9.39 Å². The lowest BCUT2D eigenvalue weighted by Crippen LogP contribution is -2.15. The topological polar surface area (TPSA) is 45.1 Å². The zero-order valence-corrected chi connectivity index (χ0v) is 8.95. The molecule has 12 heavy (non-hydrogen) atoms. The molecule has 0 unspecified atom stereocenters. The van der Waals surface area contributed by atoms with Crippen molar-refractivity contribution in [2.24, 2.45) is 0 Å². The highest BCUT2D eigenvalue weighted by Crippen LogP contribution is 2.06. The van der Waals surface area contributed by atoms with E-state index in [1.807, 2.05) is 12.1 Å². The van der Waals surface area contributed by atoms with Gasteiger partial charge >= 0.3 is 0 Å². The smallest absolute Gasteiger partial charge is 0.126 e. The summed E-state index contributed by atoms with van der Waals surface area (Å²) in [7, 11) is 0. The highest BCUT2D eigenvalue weighted by molar-refractivity contribution is 14.1. The van der Waals surface area contributed by atoms with Crippen molar-refractivity contribution < 1.29 is 5.11 Å². The van der Waals surface area contributed by atoms with Crippen molar-refractivity contribution in [3.8, 4) is 0 Å². The Bertz CT molecular complexity index is 235. The molecule has 1 atom stereocenters. The highest BCUT2D eigenvalue weighted by atomic mass is 127. The number of aliphatic hydroxyl groups is 1. The van der Waals surface area contributed by atoms with Gasteiger partial charge in [-0.25, -0.2) is 4.98 Å². The SMILES string of the molecule is C[C@@H](O)CNc1ccc(I)cn1. The molecule has 0 fully saturated rings. The van der Waals surface area contributed by atoms with Gasteiger partial charge in [0.25, 0.3) is 0 Å². The third-order valence-corrected chi connectivity index (χ3v) is 1.94. The standard InChI is InChI=1S/C8H11IN2O/c1-6(12)4-10-8-3-2-7(9)5-11-8/h2-3,5-6,12H,4H2,1H3,(H,10,11)/t6-/m1/s1. The summed E-state index contributed by atoms with van der Waals surface area (Å²) >= 11 is 2.20. The molecular weight excluding hydrogens is 267 g/mol. The summed E-state index contributed by atoms with van der Waals surface area (Å²) in [4.78, 5) is 4.12. The van der Waals surface area contributed by atoms with Gasteiger partial charge in [-0.3, -0.25) is 0 Å². The number of rotatable bonds is 3. The quantitative estimate of drug-likeness (QED) is 0.823. The highest BCUT2D eigenvalue weighted by Gasteiger charge is 1.96. The minimum atomic E-state index is -0.342. The molecule has 0 aliphatic carbocycles. The summed E-state index contributed by atoms with van der Waals surface area (Å²) in [5.74, 6) is 0.802.